The Morgan fingerprint density at radius 3 is 2.12 bits per heavy atom. The number of alkyl halides is 3. The van der Waals surface area contributed by atoms with E-state index in [1.165, 1.54) is 0 Å². The van der Waals surface area contributed by atoms with Crippen LogP contribution in [0.1, 0.15) is 31.8 Å². The summed E-state index contributed by atoms with van der Waals surface area (Å²) in [5.41, 5.74) is -2.22. The van der Waals surface area contributed by atoms with Gasteiger partial charge in [0.2, 0.25) is 0 Å². The topological polar surface area (TPSA) is 133 Å². The van der Waals surface area contributed by atoms with Crippen LogP contribution in [0, 0.1) is 12.7 Å². The zero-order valence-electron chi connectivity index (χ0n) is 12.9. The van der Waals surface area contributed by atoms with Crippen LogP contribution >= 0.6 is 0 Å². The third-order valence-electron chi connectivity index (χ3n) is 3.46. The number of aromatic carboxylic acids is 2. The lowest BCUT2D eigenvalue weighted by molar-refractivity contribution is -0.139. The number of aryl methyl sites for hydroxylation is 1. The quantitative estimate of drug-likeness (QED) is 0.610. The summed E-state index contributed by atoms with van der Waals surface area (Å²) in [5.74, 6) is -6.56. The molecule has 26 heavy (non-hydrogen) atoms. The van der Waals surface area contributed by atoms with Crippen molar-refractivity contribution in [2.75, 3.05) is 5.73 Å². The number of aromatic nitrogens is 1. The number of hydrogen-bond donors (Lipinski definition) is 4. The lowest BCUT2D eigenvalue weighted by Gasteiger charge is -2.16. The third-order valence-corrected chi connectivity index (χ3v) is 3.46. The molecule has 138 valence electrons. The molecule has 0 spiro atoms. The van der Waals surface area contributed by atoms with Crippen LogP contribution in [0.4, 0.5) is 23.4 Å². The first-order valence-electron chi connectivity index (χ1n) is 6.76. The number of pyridine rings is 1. The Morgan fingerprint density at radius 1 is 1.12 bits per heavy atom. The maximum atomic E-state index is 14.5. The minimum Gasteiger partial charge on any atom is -0.478 e. The number of benzene rings is 1. The molecular formula is C15H10F4N2O5. The second-order valence-corrected chi connectivity index (χ2v) is 5.27. The Hall–Kier alpha value is -3.37. The van der Waals surface area contributed by atoms with Crippen LogP contribution in [-0.4, -0.2) is 27.1 Å². The van der Waals surface area contributed by atoms with Crippen molar-refractivity contribution in [1.29, 1.82) is 0 Å². The number of halogens is 4. The fourth-order valence-electron chi connectivity index (χ4n) is 2.47. The number of anilines is 1. The smallest absolute Gasteiger partial charge is 0.419 e. The second-order valence-electron chi connectivity index (χ2n) is 5.27. The highest BCUT2D eigenvalue weighted by Gasteiger charge is 2.37. The van der Waals surface area contributed by atoms with Gasteiger partial charge >= 0.3 is 18.1 Å². The summed E-state index contributed by atoms with van der Waals surface area (Å²) in [5, 5.41) is 18.5. The Labute approximate surface area is 141 Å². The van der Waals surface area contributed by atoms with Crippen LogP contribution in [0.15, 0.2) is 16.9 Å². The Bertz CT molecular complexity index is 995. The molecule has 5 N–H and O–H groups in total. The van der Waals surface area contributed by atoms with E-state index in [0.717, 1.165) is 13.0 Å². The van der Waals surface area contributed by atoms with E-state index < -0.39 is 63.1 Å². The van der Waals surface area contributed by atoms with Crippen molar-refractivity contribution in [3.63, 3.8) is 0 Å². The van der Waals surface area contributed by atoms with Gasteiger partial charge in [0.1, 0.15) is 22.8 Å². The average Bonchev–Trinajstić information content (AvgIpc) is 2.46. The van der Waals surface area contributed by atoms with Gasteiger partial charge in [-0.15, -0.1) is 0 Å². The number of aromatic amines is 1. The minimum absolute atomic E-state index is 0.139. The molecule has 0 fully saturated rings. The number of nitrogens with one attached hydrogen (secondary N) is 1. The highest BCUT2D eigenvalue weighted by molar-refractivity contribution is 6.07. The SMILES string of the molecule is Cc1cc(-c2c(C(=O)O)c(N)[nH]c(=O)c2C(=O)O)c(F)c(C(F)(F)F)c1. The van der Waals surface area contributed by atoms with Gasteiger partial charge < -0.3 is 20.9 Å². The van der Waals surface area contributed by atoms with E-state index in [0.29, 0.717) is 6.07 Å². The largest absolute Gasteiger partial charge is 0.478 e. The molecule has 0 saturated carbocycles. The molecule has 0 aliphatic rings. The summed E-state index contributed by atoms with van der Waals surface area (Å²) < 4.78 is 53.6. The van der Waals surface area contributed by atoms with Crippen molar-refractivity contribution in [3.05, 3.63) is 50.6 Å². The normalized spacial score (nSPS) is 11.4. The molecule has 0 aliphatic heterocycles. The number of nitrogen functional groups attached to an aromatic ring is 1. The van der Waals surface area contributed by atoms with Crippen LogP contribution < -0.4 is 11.3 Å². The third kappa shape index (κ3) is 3.10. The summed E-state index contributed by atoms with van der Waals surface area (Å²) in [7, 11) is 0. The molecule has 0 bridgehead atoms. The fraction of sp³-hybridized carbons (Fsp3) is 0.133. The van der Waals surface area contributed by atoms with E-state index in [1.807, 2.05) is 0 Å². The van der Waals surface area contributed by atoms with Gasteiger partial charge in [-0.25, -0.2) is 14.0 Å². The summed E-state index contributed by atoms with van der Waals surface area (Å²) in [4.78, 5) is 36.5. The van der Waals surface area contributed by atoms with Crippen molar-refractivity contribution in [2.24, 2.45) is 0 Å². The fourth-order valence-corrected chi connectivity index (χ4v) is 2.47. The van der Waals surface area contributed by atoms with E-state index in [2.05, 4.69) is 0 Å². The maximum absolute atomic E-state index is 14.5. The minimum atomic E-state index is -5.13. The first-order valence-corrected chi connectivity index (χ1v) is 6.76. The van der Waals surface area contributed by atoms with Gasteiger partial charge in [-0.05, 0) is 24.6 Å². The highest BCUT2D eigenvalue weighted by Crippen LogP contribution is 2.39. The molecule has 2 rings (SSSR count). The van der Waals surface area contributed by atoms with Gasteiger partial charge in [-0.2, -0.15) is 13.2 Å². The molecule has 2 aromatic rings. The van der Waals surface area contributed by atoms with Crippen LogP contribution in [0.5, 0.6) is 0 Å². The summed E-state index contributed by atoms with van der Waals surface area (Å²) in [6.45, 7) is 1.16. The predicted molar refractivity (Wildman–Crippen MR) is 80.5 cm³/mol. The zero-order valence-corrected chi connectivity index (χ0v) is 12.9. The predicted octanol–water partition coefficient (Wildman–Crippen LogP) is 2.49. The van der Waals surface area contributed by atoms with Crippen LogP contribution in [-0.2, 0) is 6.18 Å². The number of nitrogens with two attached hydrogens (primary N) is 1. The molecule has 1 aromatic heterocycles. The van der Waals surface area contributed by atoms with Gasteiger partial charge in [0, 0.05) is 11.1 Å². The highest BCUT2D eigenvalue weighted by atomic mass is 19.4. The van der Waals surface area contributed by atoms with Crippen LogP contribution in [0.25, 0.3) is 11.1 Å². The standard InChI is InChI=1S/C15H10F4N2O5/c1-4-2-5(10(16)6(3-4)15(17,18)19)7-8(13(23)24)11(20)21-12(22)9(7)14(25)26/h2-3H,1H3,(H,23,24)(H,25,26)(H3,20,21,22). The number of hydrogen-bond acceptors (Lipinski definition) is 4. The Morgan fingerprint density at radius 2 is 1.65 bits per heavy atom. The monoisotopic (exact) mass is 374 g/mol. The molecule has 1 aromatic carbocycles. The lowest BCUT2D eigenvalue weighted by atomic mass is 9.92. The number of carboxylic acids is 2. The molecule has 1 heterocycles. The van der Waals surface area contributed by atoms with Gasteiger partial charge in [-0.3, -0.25) is 4.79 Å². The molecule has 7 nitrogen and oxygen atoms in total. The van der Waals surface area contributed by atoms with Gasteiger partial charge in [0.05, 0.1) is 5.56 Å². The lowest BCUT2D eigenvalue weighted by Crippen LogP contribution is -2.24. The second kappa shape index (κ2) is 6.17. The van der Waals surface area contributed by atoms with Gasteiger partial charge in [-0.1, -0.05) is 0 Å². The van der Waals surface area contributed by atoms with Crippen LogP contribution in [0.3, 0.4) is 0 Å². The van der Waals surface area contributed by atoms with E-state index in [9.17, 15) is 42.2 Å². The van der Waals surface area contributed by atoms with Crippen molar-refractivity contribution in [1.82, 2.24) is 4.98 Å². The molecule has 0 saturated heterocycles. The Balaban J connectivity index is 3.11. The van der Waals surface area contributed by atoms with Crippen molar-refractivity contribution in [3.8, 4) is 11.1 Å². The van der Waals surface area contributed by atoms with E-state index >= 15 is 0 Å². The van der Waals surface area contributed by atoms with E-state index in [4.69, 9.17) is 5.73 Å². The first-order chi connectivity index (χ1) is 11.9. The van der Waals surface area contributed by atoms with E-state index in [1.54, 1.807) is 4.98 Å². The van der Waals surface area contributed by atoms with Crippen molar-refractivity contribution in [2.45, 2.75) is 13.1 Å². The van der Waals surface area contributed by atoms with E-state index in [-0.39, 0.29) is 5.56 Å². The van der Waals surface area contributed by atoms with Crippen molar-refractivity contribution >= 4 is 17.8 Å². The summed E-state index contributed by atoms with van der Waals surface area (Å²) in [6.07, 6.45) is -5.13. The van der Waals surface area contributed by atoms with Gasteiger partial charge in [0.15, 0.2) is 0 Å². The number of H-pyrrole nitrogens is 1. The molecule has 11 heteroatoms. The average molecular weight is 374 g/mol. The van der Waals surface area contributed by atoms with Crippen molar-refractivity contribution < 1.29 is 37.4 Å². The Kier molecular flexibility index (Phi) is 4.50. The molecule has 0 atom stereocenters. The molecule has 0 radical (unpaired) electrons. The zero-order chi connectivity index (χ0) is 20.0. The number of carbonyl (C=O) groups is 2. The molecule has 0 aliphatic carbocycles. The molecule has 0 unspecified atom stereocenters. The molecule has 0 amide bonds. The number of rotatable bonds is 3. The summed E-state index contributed by atoms with van der Waals surface area (Å²) >= 11 is 0. The van der Waals surface area contributed by atoms with Gasteiger partial charge in [0.25, 0.3) is 5.56 Å². The van der Waals surface area contributed by atoms with Crippen LogP contribution in [0.2, 0.25) is 0 Å². The first kappa shape index (κ1) is 19.0. The maximum Gasteiger partial charge on any atom is 0.419 e. The number of carboxylic acid groups (broad SMARTS) is 2. The molecular weight excluding hydrogens is 364 g/mol. The summed E-state index contributed by atoms with van der Waals surface area (Å²) in [6, 6.07) is 1.27.